The van der Waals surface area contributed by atoms with Gasteiger partial charge in [-0.05, 0) is 48.9 Å². The highest BCUT2D eigenvalue weighted by Gasteiger charge is 2.00. The summed E-state index contributed by atoms with van der Waals surface area (Å²) in [5, 5.41) is 4.31. The lowest BCUT2D eigenvalue weighted by molar-refractivity contribution is 0.628. The Bertz CT molecular complexity index is 759. The van der Waals surface area contributed by atoms with Crippen molar-refractivity contribution in [3.63, 3.8) is 0 Å². The first-order valence-electron chi connectivity index (χ1n) is 6.87. The monoisotopic (exact) mass is 294 g/mol. The Labute approximate surface area is 127 Å². The lowest BCUT2D eigenvalue weighted by atomic mass is 10.1. The van der Waals surface area contributed by atoms with E-state index in [1.807, 2.05) is 42.0 Å². The van der Waals surface area contributed by atoms with Gasteiger partial charge in [-0.2, -0.15) is 5.10 Å². The molecule has 0 spiro atoms. The van der Waals surface area contributed by atoms with Crippen LogP contribution in [0.15, 0.2) is 72.4 Å². The molecule has 1 heterocycles. The molecular weight excluding hydrogens is 279 g/mol. The van der Waals surface area contributed by atoms with E-state index in [2.05, 4.69) is 15.5 Å². The van der Waals surface area contributed by atoms with Crippen LogP contribution in [0, 0.1) is 5.82 Å². The molecule has 3 aromatic rings. The molecule has 0 amide bonds. The highest BCUT2D eigenvalue weighted by atomic mass is 19.1. The van der Waals surface area contributed by atoms with Gasteiger partial charge in [0.1, 0.15) is 5.82 Å². The van der Waals surface area contributed by atoms with Gasteiger partial charge < -0.3 is 4.57 Å². The summed E-state index contributed by atoms with van der Waals surface area (Å²) in [7, 11) is 0. The van der Waals surface area contributed by atoms with Crippen molar-refractivity contribution >= 4 is 11.4 Å². The maximum Gasteiger partial charge on any atom is 0.123 e. The lowest BCUT2D eigenvalue weighted by Crippen LogP contribution is -2.00. The molecule has 1 N–H and O–H groups in total. The summed E-state index contributed by atoms with van der Waals surface area (Å²) in [4.78, 5) is 4.03. The van der Waals surface area contributed by atoms with E-state index in [0.717, 1.165) is 22.6 Å². The molecule has 2 aromatic carbocycles. The fourth-order valence-electron chi connectivity index (χ4n) is 2.02. The number of benzene rings is 2. The molecule has 0 fully saturated rings. The first kappa shape index (κ1) is 14.0. The predicted molar refractivity (Wildman–Crippen MR) is 85.8 cm³/mol. The highest BCUT2D eigenvalue weighted by Crippen LogP contribution is 2.12. The summed E-state index contributed by atoms with van der Waals surface area (Å²) in [6.07, 6.45) is 5.39. The van der Waals surface area contributed by atoms with Crippen molar-refractivity contribution in [2.75, 3.05) is 5.43 Å². The van der Waals surface area contributed by atoms with Crippen molar-refractivity contribution < 1.29 is 4.39 Å². The molecule has 5 heteroatoms. The van der Waals surface area contributed by atoms with Crippen LogP contribution in [-0.4, -0.2) is 15.3 Å². The van der Waals surface area contributed by atoms with E-state index in [9.17, 15) is 4.39 Å². The predicted octanol–water partition coefficient (Wildman–Crippen LogP) is 3.85. The number of aromatic nitrogens is 2. The van der Waals surface area contributed by atoms with Gasteiger partial charge in [0.25, 0.3) is 0 Å². The van der Waals surface area contributed by atoms with Gasteiger partial charge in [-0.3, -0.25) is 5.43 Å². The topological polar surface area (TPSA) is 42.2 Å². The summed E-state index contributed by atoms with van der Waals surface area (Å²) in [5.41, 5.74) is 6.57. The Balaban J connectivity index is 1.72. The second-order valence-electron chi connectivity index (χ2n) is 4.83. The number of hydrazone groups is 1. The minimum atomic E-state index is -0.263. The van der Waals surface area contributed by atoms with E-state index < -0.39 is 0 Å². The van der Waals surface area contributed by atoms with Crippen LogP contribution in [0.4, 0.5) is 10.1 Å². The van der Waals surface area contributed by atoms with Gasteiger partial charge in [0.05, 0.1) is 17.7 Å². The smallest absolute Gasteiger partial charge is 0.123 e. The second-order valence-corrected chi connectivity index (χ2v) is 4.83. The molecule has 0 aliphatic carbocycles. The molecule has 0 aliphatic rings. The third kappa shape index (κ3) is 3.20. The van der Waals surface area contributed by atoms with Gasteiger partial charge in [-0.1, -0.05) is 12.1 Å². The number of hydrogen-bond donors (Lipinski definition) is 1. The Hall–Kier alpha value is -2.95. The van der Waals surface area contributed by atoms with Crippen LogP contribution in [0.5, 0.6) is 0 Å². The van der Waals surface area contributed by atoms with Crippen LogP contribution in [0.1, 0.15) is 12.5 Å². The Morgan fingerprint density at radius 3 is 2.45 bits per heavy atom. The zero-order chi connectivity index (χ0) is 15.4. The zero-order valence-electron chi connectivity index (χ0n) is 12.1. The third-order valence-electron chi connectivity index (χ3n) is 3.28. The van der Waals surface area contributed by atoms with Gasteiger partial charge >= 0.3 is 0 Å². The fourth-order valence-corrected chi connectivity index (χ4v) is 2.02. The van der Waals surface area contributed by atoms with Crippen molar-refractivity contribution in [1.82, 2.24) is 9.55 Å². The lowest BCUT2D eigenvalue weighted by Gasteiger charge is -2.06. The molecule has 1 aromatic heterocycles. The SMILES string of the molecule is CC(=NNc1ccc(F)cc1)c1ccc(-n2ccnc2)cc1. The molecule has 3 rings (SSSR count). The molecule has 22 heavy (non-hydrogen) atoms. The van der Waals surface area contributed by atoms with Crippen LogP contribution in [0.3, 0.4) is 0 Å². The van der Waals surface area contributed by atoms with Crippen molar-refractivity contribution in [3.8, 4) is 5.69 Å². The van der Waals surface area contributed by atoms with Crippen LogP contribution >= 0.6 is 0 Å². The summed E-state index contributed by atoms with van der Waals surface area (Å²) in [6, 6.07) is 14.1. The second kappa shape index (κ2) is 6.22. The summed E-state index contributed by atoms with van der Waals surface area (Å²) in [5.74, 6) is -0.263. The normalized spacial score (nSPS) is 11.5. The van der Waals surface area contributed by atoms with Crippen molar-refractivity contribution in [2.24, 2.45) is 5.10 Å². The summed E-state index contributed by atoms with van der Waals surface area (Å²) < 4.78 is 14.8. The zero-order valence-corrected chi connectivity index (χ0v) is 12.1. The number of nitrogens with one attached hydrogen (secondary N) is 1. The summed E-state index contributed by atoms with van der Waals surface area (Å²) in [6.45, 7) is 1.92. The van der Waals surface area contributed by atoms with E-state index in [-0.39, 0.29) is 5.82 Å². The van der Waals surface area contributed by atoms with E-state index in [1.165, 1.54) is 12.1 Å². The first-order chi connectivity index (χ1) is 10.7. The Morgan fingerprint density at radius 1 is 1.09 bits per heavy atom. The van der Waals surface area contributed by atoms with Crippen LogP contribution in [-0.2, 0) is 0 Å². The van der Waals surface area contributed by atoms with Gasteiger partial charge in [0.2, 0.25) is 0 Å². The molecule has 0 aliphatic heterocycles. The molecule has 110 valence electrons. The minimum absolute atomic E-state index is 0.263. The van der Waals surface area contributed by atoms with Crippen molar-refractivity contribution in [3.05, 3.63) is 78.6 Å². The van der Waals surface area contributed by atoms with E-state index >= 15 is 0 Å². The molecule has 0 saturated heterocycles. The van der Waals surface area contributed by atoms with Crippen LogP contribution < -0.4 is 5.43 Å². The molecule has 0 saturated carbocycles. The molecule has 0 radical (unpaired) electrons. The standard InChI is InChI=1S/C17H15FN4/c1-13(20-21-16-6-4-15(18)5-7-16)14-2-8-17(9-3-14)22-11-10-19-12-22/h2-12,21H,1H3. The van der Waals surface area contributed by atoms with Gasteiger partial charge in [0.15, 0.2) is 0 Å². The molecular formula is C17H15FN4. The maximum atomic E-state index is 12.8. The van der Waals surface area contributed by atoms with Crippen LogP contribution in [0.2, 0.25) is 0 Å². The average molecular weight is 294 g/mol. The largest absolute Gasteiger partial charge is 0.306 e. The summed E-state index contributed by atoms with van der Waals surface area (Å²) >= 11 is 0. The first-order valence-corrected chi connectivity index (χ1v) is 6.87. The Kier molecular flexibility index (Phi) is 3.96. The maximum absolute atomic E-state index is 12.8. The Morgan fingerprint density at radius 2 is 1.82 bits per heavy atom. The molecule has 0 atom stereocenters. The fraction of sp³-hybridized carbons (Fsp3) is 0.0588. The molecule has 0 unspecified atom stereocenters. The van der Waals surface area contributed by atoms with E-state index in [4.69, 9.17) is 0 Å². The van der Waals surface area contributed by atoms with Gasteiger partial charge in [-0.15, -0.1) is 0 Å². The number of halogens is 1. The number of anilines is 1. The number of imidazole rings is 1. The average Bonchev–Trinajstić information content (AvgIpc) is 3.09. The van der Waals surface area contributed by atoms with E-state index in [0.29, 0.717) is 0 Å². The third-order valence-corrected chi connectivity index (χ3v) is 3.28. The minimum Gasteiger partial charge on any atom is -0.306 e. The van der Waals surface area contributed by atoms with Gasteiger partial charge in [0, 0.05) is 18.1 Å². The quantitative estimate of drug-likeness (QED) is 0.586. The van der Waals surface area contributed by atoms with Crippen molar-refractivity contribution in [1.29, 1.82) is 0 Å². The highest BCUT2D eigenvalue weighted by molar-refractivity contribution is 5.99. The van der Waals surface area contributed by atoms with E-state index in [1.54, 1.807) is 24.7 Å². The number of rotatable bonds is 4. The van der Waals surface area contributed by atoms with Gasteiger partial charge in [-0.25, -0.2) is 9.37 Å². The van der Waals surface area contributed by atoms with Crippen molar-refractivity contribution in [2.45, 2.75) is 6.92 Å². The molecule has 4 nitrogen and oxygen atoms in total. The molecule has 0 bridgehead atoms. The number of hydrogen-bond acceptors (Lipinski definition) is 3. The number of nitrogens with zero attached hydrogens (tertiary/aromatic N) is 3. The van der Waals surface area contributed by atoms with Crippen LogP contribution in [0.25, 0.3) is 5.69 Å².